The highest BCUT2D eigenvalue weighted by Crippen LogP contribution is 2.41. The standard InChI is InChI=1S/C28H16BrN3O3/c29-19-8-4-7-18(13-19)28-30-25(16-5-2-1-3-6-16)26(31-28)17-9-11-21-22-12-10-20(32(34)35)15-24(22)27(33)23(21)14-17/h1-15H,(H,30,31). The number of carbonyl (C=O) groups is 1. The van der Waals surface area contributed by atoms with Gasteiger partial charge < -0.3 is 4.98 Å². The first-order valence-electron chi connectivity index (χ1n) is 10.9. The molecule has 1 heterocycles. The SMILES string of the molecule is O=C1c2cc(-c3nc(-c4cccc(Br)c4)[nH]c3-c3ccccc3)ccc2-c2ccc([N+](=O)[O-])cc21. The summed E-state index contributed by atoms with van der Waals surface area (Å²) in [5.74, 6) is 0.496. The number of carbonyl (C=O) groups excluding carboxylic acids is 1. The second-order valence-electron chi connectivity index (χ2n) is 8.26. The Bertz CT molecular complexity index is 1660. The number of non-ortho nitro benzene ring substituents is 1. The molecule has 35 heavy (non-hydrogen) atoms. The van der Waals surface area contributed by atoms with Crippen LogP contribution in [0, 0.1) is 10.1 Å². The van der Waals surface area contributed by atoms with Crippen LogP contribution in [0.1, 0.15) is 15.9 Å². The van der Waals surface area contributed by atoms with Crippen molar-refractivity contribution >= 4 is 27.4 Å². The van der Waals surface area contributed by atoms with E-state index in [9.17, 15) is 14.9 Å². The lowest BCUT2D eigenvalue weighted by Gasteiger charge is -2.06. The van der Waals surface area contributed by atoms with Crippen LogP contribution in [0.5, 0.6) is 0 Å². The maximum atomic E-state index is 13.2. The molecule has 1 N–H and O–H groups in total. The minimum atomic E-state index is -0.485. The summed E-state index contributed by atoms with van der Waals surface area (Å²) in [6.07, 6.45) is 0. The van der Waals surface area contributed by atoms with Crippen molar-refractivity contribution in [2.45, 2.75) is 0 Å². The van der Waals surface area contributed by atoms with Gasteiger partial charge in [0.15, 0.2) is 5.78 Å². The highest BCUT2D eigenvalue weighted by Gasteiger charge is 2.29. The van der Waals surface area contributed by atoms with E-state index in [2.05, 4.69) is 20.9 Å². The first kappa shape index (κ1) is 21.2. The van der Waals surface area contributed by atoms with Gasteiger partial charge in [0.05, 0.1) is 16.3 Å². The number of nitro benzene ring substituents is 1. The summed E-state index contributed by atoms with van der Waals surface area (Å²) in [4.78, 5) is 32.3. The third-order valence-electron chi connectivity index (χ3n) is 6.15. The number of nitrogens with one attached hydrogen (secondary N) is 1. The monoisotopic (exact) mass is 521 g/mol. The minimum absolute atomic E-state index is 0.0949. The Balaban J connectivity index is 1.50. The zero-order valence-electron chi connectivity index (χ0n) is 18.2. The van der Waals surface area contributed by atoms with E-state index in [0.29, 0.717) is 22.5 Å². The van der Waals surface area contributed by atoms with E-state index in [1.807, 2.05) is 72.8 Å². The average molecular weight is 522 g/mol. The van der Waals surface area contributed by atoms with Crippen LogP contribution in [0.4, 0.5) is 5.69 Å². The number of nitrogens with zero attached hydrogens (tertiary/aromatic N) is 2. The Morgan fingerprint density at radius 1 is 0.743 bits per heavy atom. The molecule has 1 aliphatic rings. The molecule has 0 aliphatic heterocycles. The maximum Gasteiger partial charge on any atom is 0.270 e. The van der Waals surface area contributed by atoms with Gasteiger partial charge in [-0.15, -0.1) is 0 Å². The second-order valence-corrected chi connectivity index (χ2v) is 9.18. The van der Waals surface area contributed by atoms with Gasteiger partial charge in [0, 0.05) is 44.4 Å². The van der Waals surface area contributed by atoms with Gasteiger partial charge in [-0.05, 0) is 35.4 Å². The number of hydrogen-bond acceptors (Lipinski definition) is 4. The summed E-state index contributed by atoms with van der Waals surface area (Å²) in [7, 11) is 0. The number of halogens is 1. The van der Waals surface area contributed by atoms with Gasteiger partial charge in [-0.1, -0.05) is 70.5 Å². The summed E-state index contributed by atoms with van der Waals surface area (Å²) in [5.41, 5.74) is 6.52. The van der Waals surface area contributed by atoms with Gasteiger partial charge in [0.1, 0.15) is 5.82 Å². The quantitative estimate of drug-likeness (QED) is 0.195. The van der Waals surface area contributed by atoms with Crippen LogP contribution in [-0.2, 0) is 0 Å². The summed E-state index contributed by atoms with van der Waals surface area (Å²) < 4.78 is 0.948. The van der Waals surface area contributed by atoms with Gasteiger partial charge in [0.25, 0.3) is 5.69 Å². The number of hydrogen-bond donors (Lipinski definition) is 1. The molecule has 0 saturated heterocycles. The molecule has 0 fully saturated rings. The number of rotatable bonds is 4. The fourth-order valence-corrected chi connectivity index (χ4v) is 4.90. The number of H-pyrrole nitrogens is 1. The summed E-state index contributed by atoms with van der Waals surface area (Å²) in [6.45, 7) is 0. The average Bonchev–Trinajstić information content (AvgIpc) is 3.44. The zero-order valence-corrected chi connectivity index (χ0v) is 19.7. The molecular formula is C28H16BrN3O3. The van der Waals surface area contributed by atoms with Crippen molar-refractivity contribution in [3.8, 4) is 45.0 Å². The lowest BCUT2D eigenvalue weighted by atomic mass is 9.99. The van der Waals surface area contributed by atoms with E-state index in [1.165, 1.54) is 12.1 Å². The Hall–Kier alpha value is -4.36. The van der Waals surface area contributed by atoms with Gasteiger partial charge in [-0.25, -0.2) is 4.98 Å². The van der Waals surface area contributed by atoms with Crippen LogP contribution in [0.25, 0.3) is 45.0 Å². The smallest absolute Gasteiger partial charge is 0.270 e. The van der Waals surface area contributed by atoms with E-state index in [4.69, 9.17) is 4.98 Å². The number of benzene rings is 4. The fourth-order valence-electron chi connectivity index (χ4n) is 4.50. The molecule has 0 unspecified atom stereocenters. The van der Waals surface area contributed by atoms with Crippen molar-refractivity contribution in [2.24, 2.45) is 0 Å². The van der Waals surface area contributed by atoms with E-state index in [1.54, 1.807) is 6.07 Å². The summed E-state index contributed by atoms with van der Waals surface area (Å²) >= 11 is 3.52. The molecule has 1 aliphatic carbocycles. The van der Waals surface area contributed by atoms with Crippen LogP contribution in [0.3, 0.4) is 0 Å². The number of ketones is 1. The van der Waals surface area contributed by atoms with Crippen molar-refractivity contribution < 1.29 is 9.72 Å². The molecular weight excluding hydrogens is 506 g/mol. The molecule has 5 aromatic rings. The van der Waals surface area contributed by atoms with Crippen molar-refractivity contribution in [3.05, 3.63) is 117 Å². The van der Waals surface area contributed by atoms with Gasteiger partial charge in [-0.2, -0.15) is 0 Å². The molecule has 0 atom stereocenters. The van der Waals surface area contributed by atoms with E-state index >= 15 is 0 Å². The Morgan fingerprint density at radius 2 is 1.46 bits per heavy atom. The van der Waals surface area contributed by atoms with Crippen molar-refractivity contribution in [2.75, 3.05) is 0 Å². The molecule has 0 radical (unpaired) electrons. The maximum absolute atomic E-state index is 13.2. The largest absolute Gasteiger partial charge is 0.337 e. The number of aromatic amines is 1. The fraction of sp³-hybridized carbons (Fsp3) is 0. The topological polar surface area (TPSA) is 88.9 Å². The third-order valence-corrected chi connectivity index (χ3v) is 6.64. The molecule has 0 spiro atoms. The van der Waals surface area contributed by atoms with E-state index in [0.717, 1.165) is 38.1 Å². The van der Waals surface area contributed by atoms with Crippen LogP contribution in [0.2, 0.25) is 0 Å². The predicted octanol–water partition coefficient (Wildman–Crippen LogP) is 7.29. The van der Waals surface area contributed by atoms with Crippen LogP contribution >= 0.6 is 15.9 Å². The Labute approximate surface area is 208 Å². The highest BCUT2D eigenvalue weighted by molar-refractivity contribution is 9.10. The first-order valence-corrected chi connectivity index (χ1v) is 11.7. The predicted molar refractivity (Wildman–Crippen MR) is 138 cm³/mol. The molecule has 6 nitrogen and oxygen atoms in total. The molecule has 0 bridgehead atoms. The number of imidazole rings is 1. The Morgan fingerprint density at radius 3 is 2.20 bits per heavy atom. The van der Waals surface area contributed by atoms with Gasteiger partial charge in [-0.3, -0.25) is 14.9 Å². The lowest BCUT2D eigenvalue weighted by molar-refractivity contribution is -0.384. The molecule has 0 amide bonds. The molecule has 168 valence electrons. The Kier molecular flexibility index (Phi) is 4.93. The second kappa shape index (κ2) is 8.14. The summed E-state index contributed by atoms with van der Waals surface area (Å²) in [5, 5.41) is 11.2. The summed E-state index contributed by atoms with van der Waals surface area (Å²) in [6, 6.07) is 27.9. The van der Waals surface area contributed by atoms with Gasteiger partial charge in [0.2, 0.25) is 0 Å². The lowest BCUT2D eigenvalue weighted by Crippen LogP contribution is -1.97. The van der Waals surface area contributed by atoms with Crippen LogP contribution in [0.15, 0.2) is 95.5 Å². The normalized spacial score (nSPS) is 11.9. The first-order chi connectivity index (χ1) is 17.0. The highest BCUT2D eigenvalue weighted by atomic mass is 79.9. The minimum Gasteiger partial charge on any atom is -0.337 e. The van der Waals surface area contributed by atoms with Gasteiger partial charge >= 0.3 is 0 Å². The molecule has 0 saturated carbocycles. The number of aromatic nitrogens is 2. The van der Waals surface area contributed by atoms with Crippen LogP contribution in [-0.4, -0.2) is 20.7 Å². The van der Waals surface area contributed by atoms with Crippen molar-refractivity contribution in [1.29, 1.82) is 0 Å². The van der Waals surface area contributed by atoms with E-state index < -0.39 is 4.92 Å². The third kappa shape index (κ3) is 3.57. The molecule has 4 aromatic carbocycles. The number of fused-ring (bicyclic) bond motifs is 3. The van der Waals surface area contributed by atoms with Crippen LogP contribution < -0.4 is 0 Å². The zero-order chi connectivity index (χ0) is 24.1. The molecule has 1 aromatic heterocycles. The number of nitro groups is 1. The molecule has 6 rings (SSSR count). The molecule has 7 heteroatoms. The van der Waals surface area contributed by atoms with Crippen molar-refractivity contribution in [1.82, 2.24) is 9.97 Å². The van der Waals surface area contributed by atoms with Crippen molar-refractivity contribution in [3.63, 3.8) is 0 Å². The van der Waals surface area contributed by atoms with E-state index in [-0.39, 0.29) is 11.5 Å².